The summed E-state index contributed by atoms with van der Waals surface area (Å²) in [5, 5.41) is 6.27. The number of hydrogen-bond donors (Lipinski definition) is 2. The van der Waals surface area contributed by atoms with Crippen molar-refractivity contribution < 1.29 is 4.39 Å². The number of benzene rings is 1. The Balaban J connectivity index is 0.00000361. The molecule has 0 bridgehead atoms. The molecule has 0 saturated carbocycles. The lowest BCUT2D eigenvalue weighted by Gasteiger charge is -2.09. The third-order valence-corrected chi connectivity index (χ3v) is 3.02. The summed E-state index contributed by atoms with van der Waals surface area (Å²) >= 11 is 3.18. The summed E-state index contributed by atoms with van der Waals surface area (Å²) in [7, 11) is 0. The van der Waals surface area contributed by atoms with Crippen LogP contribution >= 0.6 is 39.9 Å². The Bertz CT molecular complexity index is 452. The van der Waals surface area contributed by atoms with Crippen LogP contribution in [0.25, 0.3) is 0 Å². The molecule has 0 aromatic heterocycles. The first kappa shape index (κ1) is 19.4. The van der Waals surface area contributed by atoms with E-state index in [1.165, 1.54) is 6.07 Å². The molecule has 6 heteroatoms. The molecule has 0 aliphatic carbocycles. The van der Waals surface area contributed by atoms with Gasteiger partial charge in [-0.1, -0.05) is 12.1 Å². The summed E-state index contributed by atoms with van der Waals surface area (Å²) in [5.74, 6) is 0.525. The zero-order valence-corrected chi connectivity index (χ0v) is 15.4. The molecule has 0 amide bonds. The first-order valence-corrected chi connectivity index (χ1v) is 7.03. The van der Waals surface area contributed by atoms with Crippen LogP contribution in [0.3, 0.4) is 0 Å². The molecular weight excluding hydrogens is 436 g/mol. The van der Waals surface area contributed by atoms with Crippen molar-refractivity contribution in [3.63, 3.8) is 0 Å². The molecule has 0 heterocycles. The lowest BCUT2D eigenvalue weighted by molar-refractivity contribution is 0.620. The molecule has 0 radical (unpaired) electrons. The summed E-state index contributed by atoms with van der Waals surface area (Å²) in [6.07, 6.45) is 2.55. The van der Waals surface area contributed by atoms with E-state index in [9.17, 15) is 4.39 Å². The van der Waals surface area contributed by atoms with Gasteiger partial charge in [0.05, 0.1) is 4.47 Å². The second kappa shape index (κ2) is 11.1. The molecule has 1 rings (SSSR count). The number of halogens is 3. The maximum Gasteiger partial charge on any atom is 0.191 e. The van der Waals surface area contributed by atoms with Crippen molar-refractivity contribution in [1.29, 1.82) is 0 Å². The summed E-state index contributed by atoms with van der Waals surface area (Å²) in [4.78, 5) is 4.44. The van der Waals surface area contributed by atoms with Gasteiger partial charge in [0.25, 0.3) is 0 Å². The van der Waals surface area contributed by atoms with E-state index in [1.54, 1.807) is 18.2 Å². The Hall–Kier alpha value is -0.630. The molecule has 0 fully saturated rings. The fraction of sp³-hybridized carbons (Fsp3) is 0.357. The number of nitrogens with one attached hydrogen (secondary N) is 2. The monoisotopic (exact) mass is 455 g/mol. The van der Waals surface area contributed by atoms with Gasteiger partial charge in [0, 0.05) is 19.6 Å². The van der Waals surface area contributed by atoms with Crippen LogP contribution in [0.4, 0.5) is 4.39 Å². The normalized spacial score (nSPS) is 10.7. The summed E-state index contributed by atoms with van der Waals surface area (Å²) in [6, 6.07) is 5.03. The smallest absolute Gasteiger partial charge is 0.191 e. The molecule has 0 unspecified atom stereocenters. The zero-order chi connectivity index (χ0) is 14.1. The van der Waals surface area contributed by atoms with Crippen LogP contribution < -0.4 is 10.6 Å². The van der Waals surface area contributed by atoms with Crippen LogP contribution in [0.5, 0.6) is 0 Å². The highest BCUT2D eigenvalue weighted by atomic mass is 127. The van der Waals surface area contributed by atoms with Crippen LogP contribution in [-0.2, 0) is 6.42 Å². The fourth-order valence-corrected chi connectivity index (χ4v) is 1.93. The molecule has 0 aliphatic heterocycles. The highest BCUT2D eigenvalue weighted by molar-refractivity contribution is 14.0. The van der Waals surface area contributed by atoms with Gasteiger partial charge in [-0.05, 0) is 47.0 Å². The average molecular weight is 456 g/mol. The molecule has 0 saturated heterocycles. The largest absolute Gasteiger partial charge is 0.357 e. The standard InChI is InChI=1S/C14H19BrFN3.HI/c1-3-8-18-14(17-4-2)19-9-7-11-5-6-13(16)12(15)10-11;/h3,5-6,10H,1,4,7-9H2,2H3,(H2,17,18,19);1H. The first-order chi connectivity index (χ1) is 9.17. The van der Waals surface area contributed by atoms with E-state index >= 15 is 0 Å². The predicted octanol–water partition coefficient (Wildman–Crippen LogP) is 3.49. The molecule has 0 atom stereocenters. The quantitative estimate of drug-likeness (QED) is 0.298. The van der Waals surface area contributed by atoms with E-state index in [4.69, 9.17) is 0 Å². The maximum absolute atomic E-state index is 13.1. The number of nitrogens with zero attached hydrogens (tertiary/aromatic N) is 1. The molecular formula is C14H20BrFIN3. The summed E-state index contributed by atoms with van der Waals surface area (Å²) in [6.45, 7) is 7.80. The molecule has 0 aliphatic rings. The maximum atomic E-state index is 13.1. The Labute approximate surface area is 145 Å². The highest BCUT2D eigenvalue weighted by Gasteiger charge is 2.00. The molecule has 1 aromatic rings. The van der Waals surface area contributed by atoms with Gasteiger partial charge in [-0.25, -0.2) is 4.39 Å². The van der Waals surface area contributed by atoms with Crippen molar-refractivity contribution in [2.45, 2.75) is 13.3 Å². The number of guanidine groups is 1. The van der Waals surface area contributed by atoms with E-state index in [0.717, 1.165) is 24.5 Å². The van der Waals surface area contributed by atoms with Crippen LogP contribution in [-0.4, -0.2) is 25.6 Å². The molecule has 0 spiro atoms. The van der Waals surface area contributed by atoms with Crippen molar-refractivity contribution in [3.8, 4) is 0 Å². The molecule has 112 valence electrons. The third kappa shape index (κ3) is 7.23. The first-order valence-electron chi connectivity index (χ1n) is 6.24. The second-order valence-electron chi connectivity index (χ2n) is 3.93. The number of rotatable bonds is 6. The van der Waals surface area contributed by atoms with E-state index in [1.807, 2.05) is 6.92 Å². The lowest BCUT2D eigenvalue weighted by atomic mass is 10.1. The Morgan fingerprint density at radius 1 is 1.45 bits per heavy atom. The van der Waals surface area contributed by atoms with E-state index < -0.39 is 0 Å². The zero-order valence-electron chi connectivity index (χ0n) is 11.5. The van der Waals surface area contributed by atoms with Gasteiger partial charge in [0.2, 0.25) is 0 Å². The van der Waals surface area contributed by atoms with Gasteiger partial charge in [-0.2, -0.15) is 0 Å². The van der Waals surface area contributed by atoms with Crippen molar-refractivity contribution in [2.75, 3.05) is 19.6 Å². The van der Waals surface area contributed by atoms with Crippen LogP contribution in [0, 0.1) is 5.82 Å². The predicted molar refractivity (Wildman–Crippen MR) is 97.4 cm³/mol. The van der Waals surface area contributed by atoms with E-state index in [-0.39, 0.29) is 29.8 Å². The van der Waals surface area contributed by atoms with Crippen molar-refractivity contribution in [1.82, 2.24) is 10.6 Å². The van der Waals surface area contributed by atoms with Gasteiger partial charge in [-0.3, -0.25) is 4.99 Å². The fourth-order valence-electron chi connectivity index (χ4n) is 1.50. The van der Waals surface area contributed by atoms with Crippen LogP contribution in [0.15, 0.2) is 40.3 Å². The van der Waals surface area contributed by atoms with Gasteiger partial charge in [0.15, 0.2) is 5.96 Å². The molecule has 3 nitrogen and oxygen atoms in total. The Morgan fingerprint density at radius 3 is 2.80 bits per heavy atom. The Morgan fingerprint density at radius 2 is 2.20 bits per heavy atom. The van der Waals surface area contributed by atoms with Crippen molar-refractivity contribution in [3.05, 3.63) is 46.7 Å². The number of hydrogen-bond acceptors (Lipinski definition) is 1. The highest BCUT2D eigenvalue weighted by Crippen LogP contribution is 2.17. The van der Waals surface area contributed by atoms with Gasteiger partial charge >= 0.3 is 0 Å². The van der Waals surface area contributed by atoms with Crippen LogP contribution in [0.1, 0.15) is 12.5 Å². The minimum absolute atomic E-state index is 0. The van der Waals surface area contributed by atoms with E-state index in [0.29, 0.717) is 17.6 Å². The summed E-state index contributed by atoms with van der Waals surface area (Å²) < 4.78 is 13.6. The Kier molecular flexibility index (Phi) is 10.7. The third-order valence-electron chi connectivity index (χ3n) is 2.41. The topological polar surface area (TPSA) is 36.4 Å². The minimum atomic E-state index is -0.242. The van der Waals surface area contributed by atoms with E-state index in [2.05, 4.69) is 38.1 Å². The minimum Gasteiger partial charge on any atom is -0.357 e. The second-order valence-corrected chi connectivity index (χ2v) is 4.78. The van der Waals surface area contributed by atoms with Crippen LogP contribution in [0.2, 0.25) is 0 Å². The number of aliphatic imine (C=N–C) groups is 1. The molecule has 2 N–H and O–H groups in total. The summed E-state index contributed by atoms with van der Waals surface area (Å²) in [5.41, 5.74) is 1.05. The van der Waals surface area contributed by atoms with Crippen molar-refractivity contribution in [2.24, 2.45) is 4.99 Å². The molecule has 1 aromatic carbocycles. The van der Waals surface area contributed by atoms with Gasteiger partial charge in [0.1, 0.15) is 5.82 Å². The SMILES string of the molecule is C=CCNC(=NCCc1ccc(F)c(Br)c1)NCC.I. The van der Waals surface area contributed by atoms with Gasteiger partial charge in [-0.15, -0.1) is 30.6 Å². The van der Waals surface area contributed by atoms with Gasteiger partial charge < -0.3 is 10.6 Å². The lowest BCUT2D eigenvalue weighted by Crippen LogP contribution is -2.37. The van der Waals surface area contributed by atoms with Crippen molar-refractivity contribution >= 4 is 45.9 Å². The average Bonchev–Trinajstić information content (AvgIpc) is 2.40. The molecule has 20 heavy (non-hydrogen) atoms.